The Balaban J connectivity index is 1.49. The lowest BCUT2D eigenvalue weighted by atomic mass is 10.0. The second-order valence-electron chi connectivity index (χ2n) is 6.88. The first-order valence-electron chi connectivity index (χ1n) is 9.68. The van der Waals surface area contributed by atoms with E-state index < -0.39 is 0 Å². The van der Waals surface area contributed by atoms with Gasteiger partial charge in [0.1, 0.15) is 11.6 Å². The number of halogens is 1. The van der Waals surface area contributed by atoms with Gasteiger partial charge < -0.3 is 19.7 Å². The van der Waals surface area contributed by atoms with Crippen LogP contribution in [0.5, 0.6) is 5.75 Å². The summed E-state index contributed by atoms with van der Waals surface area (Å²) in [6.07, 6.45) is 1.67. The number of rotatable bonds is 5. The lowest BCUT2D eigenvalue weighted by Crippen LogP contribution is -2.36. The molecule has 1 N–H and O–H groups in total. The van der Waals surface area contributed by atoms with Gasteiger partial charge in [-0.3, -0.25) is 4.79 Å². The average molecular weight is 424 g/mol. The topological polar surface area (TPSA) is 63.7 Å². The summed E-state index contributed by atoms with van der Waals surface area (Å²) in [5.41, 5.74) is 2.85. The van der Waals surface area contributed by atoms with E-state index in [1.54, 1.807) is 31.5 Å². The summed E-state index contributed by atoms with van der Waals surface area (Å²) >= 11 is 6.37. The van der Waals surface area contributed by atoms with Gasteiger partial charge >= 0.3 is 0 Å². The van der Waals surface area contributed by atoms with Crippen LogP contribution in [0.3, 0.4) is 0 Å². The van der Waals surface area contributed by atoms with Crippen molar-refractivity contribution < 1.29 is 14.3 Å². The van der Waals surface area contributed by atoms with E-state index in [0.29, 0.717) is 29.5 Å². The molecule has 1 fully saturated rings. The molecule has 0 saturated carbocycles. The molecule has 1 aliphatic rings. The van der Waals surface area contributed by atoms with Crippen molar-refractivity contribution in [1.82, 2.24) is 4.98 Å². The smallest absolute Gasteiger partial charge is 0.255 e. The zero-order chi connectivity index (χ0) is 20.9. The van der Waals surface area contributed by atoms with Gasteiger partial charge in [0.2, 0.25) is 0 Å². The van der Waals surface area contributed by atoms with E-state index in [2.05, 4.69) is 15.2 Å². The van der Waals surface area contributed by atoms with E-state index in [1.807, 2.05) is 36.4 Å². The van der Waals surface area contributed by atoms with Crippen molar-refractivity contribution in [2.24, 2.45) is 0 Å². The summed E-state index contributed by atoms with van der Waals surface area (Å²) in [7, 11) is 1.62. The van der Waals surface area contributed by atoms with Crippen LogP contribution in [-0.2, 0) is 4.74 Å². The highest BCUT2D eigenvalue weighted by Gasteiger charge is 2.14. The summed E-state index contributed by atoms with van der Waals surface area (Å²) in [6, 6.07) is 16.5. The number of benzene rings is 2. The third-order valence-electron chi connectivity index (χ3n) is 4.97. The van der Waals surface area contributed by atoms with Crippen molar-refractivity contribution in [3.05, 3.63) is 71.4 Å². The average Bonchev–Trinajstić information content (AvgIpc) is 2.80. The minimum atomic E-state index is -0.220. The number of methoxy groups -OCH3 is 1. The SMILES string of the molecule is COc1ccc(-c2cc(C(=O)Nc3ccc(N4CCOCC4)nc3)ccc2Cl)cc1. The van der Waals surface area contributed by atoms with Crippen molar-refractivity contribution in [2.45, 2.75) is 0 Å². The fourth-order valence-corrected chi connectivity index (χ4v) is 3.53. The van der Waals surface area contributed by atoms with Gasteiger partial charge in [0.15, 0.2) is 0 Å². The predicted molar refractivity (Wildman–Crippen MR) is 119 cm³/mol. The molecular formula is C23H22ClN3O3. The van der Waals surface area contributed by atoms with Crippen molar-refractivity contribution in [3.8, 4) is 16.9 Å². The molecule has 0 bridgehead atoms. The lowest BCUT2D eigenvalue weighted by Gasteiger charge is -2.27. The van der Waals surface area contributed by atoms with Gasteiger partial charge in [0.05, 0.1) is 32.2 Å². The van der Waals surface area contributed by atoms with E-state index in [1.165, 1.54) is 0 Å². The molecule has 1 aromatic heterocycles. The minimum absolute atomic E-state index is 0.220. The van der Waals surface area contributed by atoms with Gasteiger partial charge in [0.25, 0.3) is 5.91 Å². The molecule has 0 unspecified atom stereocenters. The first-order valence-corrected chi connectivity index (χ1v) is 10.1. The third kappa shape index (κ3) is 4.56. The molecule has 2 heterocycles. The number of ether oxygens (including phenoxy) is 2. The van der Waals surface area contributed by atoms with Crippen LogP contribution in [0.1, 0.15) is 10.4 Å². The Morgan fingerprint density at radius 2 is 1.87 bits per heavy atom. The molecule has 0 radical (unpaired) electrons. The molecule has 1 saturated heterocycles. The number of nitrogens with zero attached hydrogens (tertiary/aromatic N) is 2. The zero-order valence-electron chi connectivity index (χ0n) is 16.6. The van der Waals surface area contributed by atoms with Crippen LogP contribution in [0.2, 0.25) is 5.02 Å². The number of anilines is 2. The molecule has 154 valence electrons. The number of nitrogens with one attached hydrogen (secondary N) is 1. The molecule has 0 spiro atoms. The van der Waals surface area contributed by atoms with Crippen molar-refractivity contribution in [2.75, 3.05) is 43.6 Å². The van der Waals surface area contributed by atoms with Gasteiger partial charge in [-0.1, -0.05) is 23.7 Å². The first kappa shape index (κ1) is 20.2. The second-order valence-corrected chi connectivity index (χ2v) is 7.29. The van der Waals surface area contributed by atoms with Gasteiger partial charge in [-0.25, -0.2) is 4.98 Å². The minimum Gasteiger partial charge on any atom is -0.497 e. The van der Waals surface area contributed by atoms with Crippen molar-refractivity contribution in [1.29, 1.82) is 0 Å². The lowest BCUT2D eigenvalue weighted by molar-refractivity contribution is 0.102. The highest BCUT2D eigenvalue weighted by atomic mass is 35.5. The first-order chi connectivity index (χ1) is 14.6. The number of hydrogen-bond donors (Lipinski definition) is 1. The van der Waals surface area contributed by atoms with Gasteiger partial charge in [-0.2, -0.15) is 0 Å². The second kappa shape index (κ2) is 9.15. The Kier molecular flexibility index (Phi) is 6.16. The van der Waals surface area contributed by atoms with E-state index in [0.717, 1.165) is 35.8 Å². The van der Waals surface area contributed by atoms with Gasteiger partial charge in [-0.15, -0.1) is 0 Å². The number of carbonyl (C=O) groups excluding carboxylic acids is 1. The maximum absolute atomic E-state index is 12.8. The van der Waals surface area contributed by atoms with E-state index >= 15 is 0 Å². The Labute approximate surface area is 180 Å². The highest BCUT2D eigenvalue weighted by Crippen LogP contribution is 2.30. The van der Waals surface area contributed by atoms with Crippen LogP contribution in [0, 0.1) is 0 Å². The quantitative estimate of drug-likeness (QED) is 0.654. The monoisotopic (exact) mass is 423 g/mol. The van der Waals surface area contributed by atoms with E-state index in [-0.39, 0.29) is 5.91 Å². The van der Waals surface area contributed by atoms with Gasteiger partial charge in [-0.05, 0) is 48.0 Å². The largest absolute Gasteiger partial charge is 0.497 e. The van der Waals surface area contributed by atoms with Crippen LogP contribution in [0.25, 0.3) is 11.1 Å². The standard InChI is InChI=1S/C23H22ClN3O3/c1-29-19-6-2-16(3-7-19)20-14-17(4-8-21(20)24)23(28)26-18-5-9-22(25-15-18)27-10-12-30-13-11-27/h2-9,14-15H,10-13H2,1H3,(H,26,28). The van der Waals surface area contributed by atoms with E-state index in [4.69, 9.17) is 21.1 Å². The molecule has 2 aromatic carbocycles. The Bertz CT molecular complexity index is 1020. The summed E-state index contributed by atoms with van der Waals surface area (Å²) < 4.78 is 10.6. The molecule has 4 rings (SSSR count). The number of morpholine rings is 1. The normalized spacial score (nSPS) is 13.7. The summed E-state index contributed by atoms with van der Waals surface area (Å²) in [5, 5.41) is 3.47. The van der Waals surface area contributed by atoms with Crippen LogP contribution in [0.4, 0.5) is 11.5 Å². The number of amides is 1. The molecule has 30 heavy (non-hydrogen) atoms. The fraction of sp³-hybridized carbons (Fsp3) is 0.217. The van der Waals surface area contributed by atoms with Crippen LogP contribution in [0.15, 0.2) is 60.8 Å². The molecule has 1 aliphatic heterocycles. The van der Waals surface area contributed by atoms with Crippen LogP contribution < -0.4 is 15.0 Å². The molecule has 3 aromatic rings. The highest BCUT2D eigenvalue weighted by molar-refractivity contribution is 6.33. The molecule has 6 nitrogen and oxygen atoms in total. The van der Waals surface area contributed by atoms with E-state index in [9.17, 15) is 4.79 Å². The Hall–Kier alpha value is -3.09. The number of hydrogen-bond acceptors (Lipinski definition) is 5. The summed E-state index contributed by atoms with van der Waals surface area (Å²) in [4.78, 5) is 19.4. The van der Waals surface area contributed by atoms with Gasteiger partial charge in [0, 0.05) is 29.2 Å². The zero-order valence-corrected chi connectivity index (χ0v) is 17.4. The molecule has 7 heteroatoms. The Morgan fingerprint density at radius 3 is 2.53 bits per heavy atom. The summed E-state index contributed by atoms with van der Waals surface area (Å²) in [6.45, 7) is 3.04. The van der Waals surface area contributed by atoms with Crippen LogP contribution >= 0.6 is 11.6 Å². The molecule has 0 aliphatic carbocycles. The molecule has 1 amide bonds. The maximum atomic E-state index is 12.8. The molecular weight excluding hydrogens is 402 g/mol. The third-order valence-corrected chi connectivity index (χ3v) is 5.30. The summed E-state index contributed by atoms with van der Waals surface area (Å²) in [5.74, 6) is 1.42. The number of carbonyl (C=O) groups is 1. The molecule has 0 atom stereocenters. The maximum Gasteiger partial charge on any atom is 0.255 e. The fourth-order valence-electron chi connectivity index (χ4n) is 3.30. The van der Waals surface area contributed by atoms with Crippen molar-refractivity contribution >= 4 is 29.0 Å². The van der Waals surface area contributed by atoms with Crippen molar-refractivity contribution in [3.63, 3.8) is 0 Å². The number of aromatic nitrogens is 1. The van der Waals surface area contributed by atoms with Crippen LogP contribution in [-0.4, -0.2) is 44.3 Å². The number of pyridine rings is 1. The Morgan fingerprint density at radius 1 is 1.10 bits per heavy atom. The predicted octanol–water partition coefficient (Wildman–Crippen LogP) is 4.50.